The Morgan fingerprint density at radius 3 is 2.65 bits per heavy atom. The van der Waals surface area contributed by atoms with Crippen LogP contribution in [0, 0.1) is 22.7 Å². The van der Waals surface area contributed by atoms with E-state index in [2.05, 4.69) is 4.98 Å². The second-order valence-corrected chi connectivity index (χ2v) is 4.68. The molecule has 2 aromatic rings. The van der Waals surface area contributed by atoms with Crippen LogP contribution in [0.4, 0.5) is 0 Å². The maximum Gasteiger partial charge on any atom is 0.228 e. The number of nitriles is 2. The molecule has 0 atom stereocenters. The molecule has 6 heteroatoms. The molecule has 0 saturated carbocycles. The molecule has 0 fully saturated rings. The van der Waals surface area contributed by atoms with Crippen LogP contribution in [0.15, 0.2) is 24.4 Å². The number of aromatic nitrogens is 1. The van der Waals surface area contributed by atoms with E-state index in [1.807, 2.05) is 18.2 Å². The highest BCUT2D eigenvalue weighted by molar-refractivity contribution is 6.31. The molecule has 1 heterocycles. The first kappa shape index (κ1) is 13.9. The third-order valence-electron chi connectivity index (χ3n) is 2.95. The molecule has 0 radical (unpaired) electrons. The number of hydrogen-bond acceptors (Lipinski definition) is 3. The minimum atomic E-state index is -0.246. The molecule has 0 aliphatic carbocycles. The zero-order chi connectivity index (χ0) is 14.5. The van der Waals surface area contributed by atoms with Gasteiger partial charge < -0.3 is 9.88 Å². The first-order chi connectivity index (χ1) is 9.65. The fourth-order valence-corrected chi connectivity index (χ4v) is 2.15. The molecule has 100 valence electrons. The van der Waals surface area contributed by atoms with Crippen LogP contribution in [0.2, 0.25) is 5.02 Å². The molecular formula is C14H11ClN4O. The summed E-state index contributed by atoms with van der Waals surface area (Å²) in [5.74, 6) is -0.246. The van der Waals surface area contributed by atoms with Gasteiger partial charge in [-0.15, -0.1) is 0 Å². The first-order valence-electron chi connectivity index (χ1n) is 5.93. The lowest BCUT2D eigenvalue weighted by atomic mass is 10.1. The Bertz CT molecular complexity index is 707. The van der Waals surface area contributed by atoms with Crippen LogP contribution in [-0.4, -0.2) is 28.9 Å². The van der Waals surface area contributed by atoms with Gasteiger partial charge in [-0.1, -0.05) is 17.7 Å². The molecule has 1 aromatic heterocycles. The smallest absolute Gasteiger partial charge is 0.228 e. The third kappa shape index (κ3) is 2.90. The highest BCUT2D eigenvalue weighted by Gasteiger charge is 2.15. The molecular weight excluding hydrogens is 276 g/mol. The summed E-state index contributed by atoms with van der Waals surface area (Å²) in [6, 6.07) is 9.16. The van der Waals surface area contributed by atoms with Crippen molar-refractivity contribution < 1.29 is 4.79 Å². The third-order valence-corrected chi connectivity index (χ3v) is 3.18. The number of amides is 1. The maximum absolute atomic E-state index is 12.1. The van der Waals surface area contributed by atoms with Crippen LogP contribution in [-0.2, 0) is 11.2 Å². The predicted octanol–water partition coefficient (Wildman–Crippen LogP) is 2.24. The van der Waals surface area contributed by atoms with Crippen molar-refractivity contribution in [1.82, 2.24) is 9.88 Å². The number of rotatable bonds is 4. The largest absolute Gasteiger partial charge is 0.361 e. The van der Waals surface area contributed by atoms with E-state index in [0.717, 1.165) is 16.5 Å². The minimum absolute atomic E-state index is 0.0828. The van der Waals surface area contributed by atoms with Gasteiger partial charge in [-0.2, -0.15) is 10.5 Å². The van der Waals surface area contributed by atoms with Gasteiger partial charge in [0.05, 0.1) is 18.6 Å². The molecule has 1 N–H and O–H groups in total. The van der Waals surface area contributed by atoms with Crippen LogP contribution in [0.5, 0.6) is 0 Å². The van der Waals surface area contributed by atoms with Crippen molar-refractivity contribution in [2.45, 2.75) is 6.42 Å². The van der Waals surface area contributed by atoms with Gasteiger partial charge in [-0.25, -0.2) is 0 Å². The highest BCUT2D eigenvalue weighted by atomic mass is 35.5. The van der Waals surface area contributed by atoms with Crippen LogP contribution < -0.4 is 0 Å². The number of halogens is 1. The van der Waals surface area contributed by atoms with Crippen LogP contribution >= 0.6 is 11.6 Å². The second-order valence-electron chi connectivity index (χ2n) is 4.25. The van der Waals surface area contributed by atoms with Gasteiger partial charge >= 0.3 is 0 Å². The van der Waals surface area contributed by atoms with Crippen molar-refractivity contribution >= 4 is 28.4 Å². The lowest BCUT2D eigenvalue weighted by Crippen LogP contribution is -2.32. The topological polar surface area (TPSA) is 83.7 Å². The van der Waals surface area contributed by atoms with E-state index in [4.69, 9.17) is 22.1 Å². The molecule has 5 nitrogen and oxygen atoms in total. The summed E-state index contributed by atoms with van der Waals surface area (Å²) >= 11 is 5.90. The van der Waals surface area contributed by atoms with E-state index in [1.165, 1.54) is 4.90 Å². The maximum atomic E-state index is 12.1. The predicted molar refractivity (Wildman–Crippen MR) is 74.8 cm³/mol. The molecule has 20 heavy (non-hydrogen) atoms. The van der Waals surface area contributed by atoms with Crippen molar-refractivity contribution in [3.05, 3.63) is 35.0 Å². The van der Waals surface area contributed by atoms with Gasteiger partial charge in [0.1, 0.15) is 13.1 Å². The zero-order valence-corrected chi connectivity index (χ0v) is 11.3. The SMILES string of the molecule is N#CCN(CC#N)C(=O)Cc1c[nH]c2cc(Cl)ccc12. The average Bonchev–Trinajstić information content (AvgIpc) is 2.80. The molecule has 1 aromatic carbocycles. The summed E-state index contributed by atoms with van der Waals surface area (Å²) < 4.78 is 0. The number of nitrogens with zero attached hydrogens (tertiary/aromatic N) is 3. The number of aromatic amines is 1. The monoisotopic (exact) mass is 286 g/mol. The molecule has 0 saturated heterocycles. The van der Waals surface area contributed by atoms with E-state index in [1.54, 1.807) is 18.3 Å². The Labute approximate surface area is 121 Å². The van der Waals surface area contributed by atoms with E-state index in [9.17, 15) is 4.79 Å². The summed E-state index contributed by atoms with van der Waals surface area (Å²) in [6.45, 7) is -0.166. The zero-order valence-electron chi connectivity index (χ0n) is 10.6. The van der Waals surface area contributed by atoms with Gasteiger partial charge in [-0.05, 0) is 17.7 Å². The van der Waals surface area contributed by atoms with Crippen molar-refractivity contribution in [1.29, 1.82) is 10.5 Å². The van der Waals surface area contributed by atoms with Crippen molar-refractivity contribution in [2.75, 3.05) is 13.1 Å². The number of carbonyl (C=O) groups excluding carboxylic acids is 1. The highest BCUT2D eigenvalue weighted by Crippen LogP contribution is 2.22. The Balaban J connectivity index is 2.21. The number of nitrogens with one attached hydrogen (secondary N) is 1. The average molecular weight is 287 g/mol. The van der Waals surface area contributed by atoms with Crippen LogP contribution in [0.1, 0.15) is 5.56 Å². The second kappa shape index (κ2) is 6.10. The van der Waals surface area contributed by atoms with Gasteiger partial charge in [0.2, 0.25) is 5.91 Å². The fourth-order valence-electron chi connectivity index (χ4n) is 1.98. The molecule has 0 spiro atoms. The number of fused-ring (bicyclic) bond motifs is 1. The van der Waals surface area contributed by atoms with Gasteiger partial charge in [0.25, 0.3) is 0 Å². The standard InChI is InChI=1S/C14H11ClN4O/c15-11-1-2-12-10(9-18-13(12)8-11)7-14(20)19(5-3-16)6-4-17/h1-2,8-9,18H,5-7H2. The molecule has 1 amide bonds. The van der Waals surface area contributed by atoms with Crippen molar-refractivity contribution in [3.63, 3.8) is 0 Å². The molecule has 2 rings (SSSR count). The number of hydrogen-bond donors (Lipinski definition) is 1. The van der Waals surface area contributed by atoms with E-state index in [-0.39, 0.29) is 25.4 Å². The quantitative estimate of drug-likeness (QED) is 0.875. The Morgan fingerprint density at radius 2 is 2.00 bits per heavy atom. The Kier molecular flexibility index (Phi) is 4.24. The van der Waals surface area contributed by atoms with E-state index >= 15 is 0 Å². The van der Waals surface area contributed by atoms with Crippen LogP contribution in [0.25, 0.3) is 10.9 Å². The Morgan fingerprint density at radius 1 is 1.30 bits per heavy atom. The van der Waals surface area contributed by atoms with Crippen molar-refractivity contribution in [3.8, 4) is 12.1 Å². The summed E-state index contributed by atoms with van der Waals surface area (Å²) in [5, 5.41) is 18.9. The van der Waals surface area contributed by atoms with Gasteiger partial charge in [-0.3, -0.25) is 4.79 Å². The number of carbonyl (C=O) groups is 1. The Hall–Kier alpha value is -2.50. The molecule has 0 bridgehead atoms. The fraction of sp³-hybridized carbons (Fsp3) is 0.214. The number of benzene rings is 1. The van der Waals surface area contributed by atoms with Gasteiger partial charge in [0, 0.05) is 22.1 Å². The summed E-state index contributed by atoms with van der Waals surface area (Å²) in [4.78, 5) is 16.4. The summed E-state index contributed by atoms with van der Waals surface area (Å²) in [7, 11) is 0. The molecule has 0 aliphatic rings. The van der Waals surface area contributed by atoms with E-state index in [0.29, 0.717) is 5.02 Å². The summed E-state index contributed by atoms with van der Waals surface area (Å²) in [5.41, 5.74) is 1.68. The lowest BCUT2D eigenvalue weighted by Gasteiger charge is -2.15. The summed E-state index contributed by atoms with van der Waals surface area (Å²) in [6.07, 6.45) is 1.89. The number of H-pyrrole nitrogens is 1. The van der Waals surface area contributed by atoms with Crippen LogP contribution in [0.3, 0.4) is 0 Å². The van der Waals surface area contributed by atoms with Gasteiger partial charge in [0.15, 0.2) is 0 Å². The van der Waals surface area contributed by atoms with Crippen molar-refractivity contribution in [2.24, 2.45) is 0 Å². The van der Waals surface area contributed by atoms with E-state index < -0.39 is 0 Å². The molecule has 0 unspecified atom stereocenters. The minimum Gasteiger partial charge on any atom is -0.361 e. The first-order valence-corrected chi connectivity index (χ1v) is 6.30. The normalized spacial score (nSPS) is 9.95. The lowest BCUT2D eigenvalue weighted by molar-refractivity contribution is -0.129. The molecule has 0 aliphatic heterocycles.